The Morgan fingerprint density at radius 1 is 1.03 bits per heavy atom. The van der Waals surface area contributed by atoms with Gasteiger partial charge < -0.3 is 20.7 Å². The molecule has 3 N–H and O–H groups in total. The van der Waals surface area contributed by atoms with E-state index in [0.29, 0.717) is 30.0 Å². The number of hydrogen-bond acceptors (Lipinski definition) is 5. The standard InChI is InChI=1S/C23H22Cl2FN3O4/c1-13(30)20(27-15-4-2-14(24)3-5-15)21(32)29-23-10-22(11-23,12-23)28-19(31)9-33-16-6-7-17(25)18(26)8-16/h2-8,20,27H,9-12H2,1H3,(H,28,31)(H,29,32). The van der Waals surface area contributed by atoms with Gasteiger partial charge in [0.15, 0.2) is 18.4 Å². The molecule has 0 aliphatic heterocycles. The number of benzene rings is 2. The fourth-order valence-electron chi connectivity index (χ4n) is 4.50. The second-order valence-electron chi connectivity index (χ2n) is 8.69. The van der Waals surface area contributed by atoms with E-state index < -0.39 is 28.8 Å². The highest BCUT2D eigenvalue weighted by Gasteiger charge is 2.69. The molecule has 2 bridgehead atoms. The number of anilines is 1. The maximum atomic E-state index is 13.5. The van der Waals surface area contributed by atoms with Crippen LogP contribution in [0.5, 0.6) is 5.75 Å². The Kier molecular flexibility index (Phi) is 6.24. The lowest BCUT2D eigenvalue weighted by Crippen LogP contribution is -2.84. The van der Waals surface area contributed by atoms with E-state index in [1.165, 1.54) is 19.1 Å². The number of ether oxygens (including phenoxy) is 1. The molecule has 2 amide bonds. The van der Waals surface area contributed by atoms with E-state index in [9.17, 15) is 18.8 Å². The largest absolute Gasteiger partial charge is 0.484 e. The number of amides is 2. The van der Waals surface area contributed by atoms with Crippen LogP contribution in [0.3, 0.4) is 0 Å². The molecule has 7 nitrogen and oxygen atoms in total. The van der Waals surface area contributed by atoms with Gasteiger partial charge in [0.2, 0.25) is 0 Å². The van der Waals surface area contributed by atoms with E-state index in [-0.39, 0.29) is 29.1 Å². The van der Waals surface area contributed by atoms with Crippen molar-refractivity contribution < 1.29 is 23.5 Å². The van der Waals surface area contributed by atoms with Crippen LogP contribution in [0.2, 0.25) is 10.0 Å². The lowest BCUT2D eigenvalue weighted by molar-refractivity contribution is -0.151. The number of ketones is 1. The first kappa shape index (κ1) is 23.3. The minimum absolute atomic E-state index is 0.0246. The maximum absolute atomic E-state index is 13.5. The molecule has 0 radical (unpaired) electrons. The van der Waals surface area contributed by atoms with Crippen molar-refractivity contribution in [2.45, 2.75) is 43.3 Å². The Bertz CT molecular complexity index is 1090. The molecule has 3 aliphatic carbocycles. The number of Topliss-reactive ketones (excluding diaryl/α,β-unsaturated/α-hetero) is 1. The van der Waals surface area contributed by atoms with Crippen molar-refractivity contribution in [1.82, 2.24) is 10.6 Å². The minimum Gasteiger partial charge on any atom is -0.484 e. The highest BCUT2D eigenvalue weighted by atomic mass is 35.5. The van der Waals surface area contributed by atoms with Crippen molar-refractivity contribution >= 4 is 46.5 Å². The van der Waals surface area contributed by atoms with Gasteiger partial charge in [-0.1, -0.05) is 23.2 Å². The van der Waals surface area contributed by atoms with E-state index in [1.54, 1.807) is 24.3 Å². The number of hydrogen-bond donors (Lipinski definition) is 3. The molecule has 0 spiro atoms. The number of carbonyl (C=O) groups is 3. The Hall–Kier alpha value is -2.84. The first-order chi connectivity index (χ1) is 15.6. The van der Waals surface area contributed by atoms with Crippen molar-refractivity contribution in [2.75, 3.05) is 11.9 Å². The average Bonchev–Trinajstić information content (AvgIpc) is 2.71. The number of rotatable bonds is 9. The van der Waals surface area contributed by atoms with Gasteiger partial charge in [-0.2, -0.15) is 0 Å². The van der Waals surface area contributed by atoms with Crippen molar-refractivity contribution in [1.29, 1.82) is 0 Å². The van der Waals surface area contributed by atoms with Gasteiger partial charge in [0.1, 0.15) is 11.6 Å². The average molecular weight is 494 g/mol. The van der Waals surface area contributed by atoms with Gasteiger partial charge in [-0.3, -0.25) is 14.4 Å². The summed E-state index contributed by atoms with van der Waals surface area (Å²) >= 11 is 11.5. The highest BCUT2D eigenvalue weighted by Crippen LogP contribution is 2.60. The van der Waals surface area contributed by atoms with Crippen LogP contribution in [0.15, 0.2) is 42.5 Å². The van der Waals surface area contributed by atoms with Crippen molar-refractivity contribution in [2.24, 2.45) is 0 Å². The molecular formula is C23H22Cl2FN3O4. The molecular weight excluding hydrogens is 472 g/mol. The Balaban J connectivity index is 1.25. The summed E-state index contributed by atoms with van der Waals surface area (Å²) in [5.41, 5.74) is -0.217. The van der Waals surface area contributed by atoms with Crippen LogP contribution in [-0.2, 0) is 14.4 Å². The quantitative estimate of drug-likeness (QED) is 0.464. The Labute approximate surface area is 200 Å². The minimum atomic E-state index is -1.03. The van der Waals surface area contributed by atoms with Crippen LogP contribution in [0, 0.1) is 5.82 Å². The van der Waals surface area contributed by atoms with Gasteiger partial charge in [-0.15, -0.1) is 0 Å². The van der Waals surface area contributed by atoms with Gasteiger partial charge in [-0.25, -0.2) is 4.39 Å². The summed E-state index contributed by atoms with van der Waals surface area (Å²) in [5.74, 6) is -1.48. The van der Waals surface area contributed by atoms with Gasteiger partial charge in [0.25, 0.3) is 11.8 Å². The SMILES string of the molecule is CC(=O)C(Nc1ccc(Cl)cc1)C(=O)NC12CC(NC(=O)COc3ccc(Cl)c(F)c3)(C1)C2. The fraction of sp³-hybridized carbons (Fsp3) is 0.348. The third kappa shape index (κ3) is 5.07. The van der Waals surface area contributed by atoms with Crippen LogP contribution in [0.4, 0.5) is 10.1 Å². The van der Waals surface area contributed by atoms with Crippen molar-refractivity contribution in [3.8, 4) is 5.75 Å². The first-order valence-corrected chi connectivity index (χ1v) is 11.1. The first-order valence-electron chi connectivity index (χ1n) is 10.3. The molecule has 174 valence electrons. The number of carbonyl (C=O) groups excluding carboxylic acids is 3. The molecule has 2 aromatic carbocycles. The summed E-state index contributed by atoms with van der Waals surface area (Å²) in [6.07, 6.45) is 1.70. The predicted octanol–water partition coefficient (Wildman–Crippen LogP) is 3.49. The third-order valence-electron chi connectivity index (χ3n) is 5.91. The van der Waals surface area contributed by atoms with Gasteiger partial charge >= 0.3 is 0 Å². The normalized spacial score (nSPS) is 23.4. The monoisotopic (exact) mass is 493 g/mol. The summed E-state index contributed by atoms with van der Waals surface area (Å²) in [4.78, 5) is 37.1. The molecule has 0 heterocycles. The Morgan fingerprint density at radius 2 is 1.67 bits per heavy atom. The van der Waals surface area contributed by atoms with Crippen LogP contribution >= 0.6 is 23.2 Å². The molecule has 2 aromatic rings. The summed E-state index contributed by atoms with van der Waals surface area (Å²) in [6, 6.07) is 9.64. The molecule has 10 heteroatoms. The number of nitrogens with one attached hydrogen (secondary N) is 3. The van der Waals surface area contributed by atoms with Crippen LogP contribution < -0.4 is 20.7 Å². The number of halogens is 3. The van der Waals surface area contributed by atoms with E-state index in [4.69, 9.17) is 27.9 Å². The van der Waals surface area contributed by atoms with Crippen LogP contribution in [-0.4, -0.2) is 41.3 Å². The molecule has 1 unspecified atom stereocenters. The van der Waals surface area contributed by atoms with Gasteiger partial charge in [-0.05, 0) is 62.6 Å². The van der Waals surface area contributed by atoms with Crippen LogP contribution in [0.1, 0.15) is 26.2 Å². The third-order valence-corrected chi connectivity index (χ3v) is 6.47. The van der Waals surface area contributed by atoms with Gasteiger partial charge in [0.05, 0.1) is 5.02 Å². The van der Waals surface area contributed by atoms with Crippen molar-refractivity contribution in [3.63, 3.8) is 0 Å². The fourth-order valence-corrected chi connectivity index (χ4v) is 4.74. The Morgan fingerprint density at radius 3 is 2.27 bits per heavy atom. The topological polar surface area (TPSA) is 96.5 Å². The van der Waals surface area contributed by atoms with Crippen LogP contribution in [0.25, 0.3) is 0 Å². The molecule has 5 rings (SSSR count). The molecule has 33 heavy (non-hydrogen) atoms. The molecule has 3 saturated carbocycles. The molecule has 1 atom stereocenters. The molecule has 0 aromatic heterocycles. The molecule has 3 fully saturated rings. The predicted molar refractivity (Wildman–Crippen MR) is 122 cm³/mol. The zero-order valence-corrected chi connectivity index (χ0v) is 19.2. The molecule has 0 saturated heterocycles. The smallest absolute Gasteiger partial charge is 0.258 e. The van der Waals surface area contributed by atoms with E-state index in [2.05, 4.69) is 16.0 Å². The van der Waals surface area contributed by atoms with Crippen molar-refractivity contribution in [3.05, 3.63) is 58.3 Å². The second-order valence-corrected chi connectivity index (χ2v) is 9.53. The highest BCUT2D eigenvalue weighted by molar-refractivity contribution is 6.31. The lowest BCUT2D eigenvalue weighted by atomic mass is 9.44. The maximum Gasteiger partial charge on any atom is 0.258 e. The zero-order chi connectivity index (χ0) is 23.8. The zero-order valence-electron chi connectivity index (χ0n) is 17.7. The lowest BCUT2D eigenvalue weighted by Gasteiger charge is -2.70. The van der Waals surface area contributed by atoms with Gasteiger partial charge in [0, 0.05) is 27.9 Å². The molecule has 3 aliphatic rings. The van der Waals surface area contributed by atoms with E-state index in [0.717, 1.165) is 6.07 Å². The summed E-state index contributed by atoms with van der Waals surface area (Å²) in [5, 5.41) is 9.34. The van der Waals surface area contributed by atoms with E-state index >= 15 is 0 Å². The summed E-state index contributed by atoms with van der Waals surface area (Å²) in [6.45, 7) is 1.09. The summed E-state index contributed by atoms with van der Waals surface area (Å²) < 4.78 is 18.8. The summed E-state index contributed by atoms with van der Waals surface area (Å²) in [7, 11) is 0. The van der Waals surface area contributed by atoms with E-state index in [1.807, 2.05) is 0 Å². The second kappa shape index (κ2) is 8.83.